The number of nitro benzene ring substituents is 1. The van der Waals surface area contributed by atoms with E-state index in [-0.39, 0.29) is 10.6 Å². The zero-order chi connectivity index (χ0) is 18.9. The highest BCUT2D eigenvalue weighted by Crippen LogP contribution is 2.34. The molecule has 0 bridgehead atoms. The molecule has 0 saturated carbocycles. The van der Waals surface area contributed by atoms with Gasteiger partial charge in [-0.05, 0) is 37.9 Å². The second kappa shape index (κ2) is 7.50. The van der Waals surface area contributed by atoms with Crippen LogP contribution in [-0.4, -0.2) is 68.9 Å². The molecule has 0 aromatic heterocycles. The molecule has 0 amide bonds. The number of sulfonamides is 1. The minimum absolute atomic E-state index is 0.00237. The highest BCUT2D eigenvalue weighted by molar-refractivity contribution is 7.89. The van der Waals surface area contributed by atoms with Crippen LogP contribution in [0.4, 0.5) is 11.4 Å². The van der Waals surface area contributed by atoms with E-state index in [0.717, 1.165) is 25.9 Å². The number of nitro groups is 1. The first-order valence-electron chi connectivity index (χ1n) is 9.01. The lowest BCUT2D eigenvalue weighted by Crippen LogP contribution is -2.47. The summed E-state index contributed by atoms with van der Waals surface area (Å²) in [5, 5.41) is 11.6. The molecule has 2 aliphatic heterocycles. The predicted octanol–water partition coefficient (Wildman–Crippen LogP) is 1.77. The number of hydrogen-bond acceptors (Lipinski definition) is 6. The quantitative estimate of drug-likeness (QED) is 0.583. The van der Waals surface area contributed by atoms with E-state index in [2.05, 4.69) is 11.8 Å². The van der Waals surface area contributed by atoms with Gasteiger partial charge in [0, 0.05) is 45.3 Å². The van der Waals surface area contributed by atoms with Crippen molar-refractivity contribution < 1.29 is 13.3 Å². The fraction of sp³-hybridized carbons (Fsp3) is 0.647. The first kappa shape index (κ1) is 19.1. The van der Waals surface area contributed by atoms with E-state index < -0.39 is 14.9 Å². The Hall–Kier alpha value is -1.71. The van der Waals surface area contributed by atoms with Crippen molar-refractivity contribution in [3.63, 3.8) is 0 Å². The first-order chi connectivity index (χ1) is 12.3. The molecule has 0 N–H and O–H groups in total. The van der Waals surface area contributed by atoms with Crippen molar-refractivity contribution in [3.8, 4) is 0 Å². The topological polar surface area (TPSA) is 87.0 Å². The third-order valence-electron chi connectivity index (χ3n) is 5.24. The number of nitrogens with zero attached hydrogens (tertiary/aromatic N) is 4. The Morgan fingerprint density at radius 1 is 1.15 bits per heavy atom. The number of piperidine rings is 1. The van der Waals surface area contributed by atoms with Gasteiger partial charge in [0.05, 0.1) is 9.82 Å². The molecule has 0 unspecified atom stereocenters. The van der Waals surface area contributed by atoms with Crippen LogP contribution in [0.25, 0.3) is 0 Å². The average Bonchev–Trinajstić information content (AvgIpc) is 2.61. The number of likely N-dealkylation sites (N-methyl/N-ethyl adjacent to an activating group) is 1. The molecule has 2 fully saturated rings. The largest absolute Gasteiger partial charge is 0.366 e. The average molecular weight is 382 g/mol. The van der Waals surface area contributed by atoms with E-state index in [1.165, 1.54) is 16.4 Å². The van der Waals surface area contributed by atoms with Gasteiger partial charge in [0.25, 0.3) is 5.69 Å². The van der Waals surface area contributed by atoms with Crippen LogP contribution in [0.2, 0.25) is 0 Å². The van der Waals surface area contributed by atoms with E-state index in [4.69, 9.17) is 0 Å². The van der Waals surface area contributed by atoms with Gasteiger partial charge in [-0.25, -0.2) is 8.42 Å². The number of hydrogen-bond donors (Lipinski definition) is 0. The second-order valence-electron chi connectivity index (χ2n) is 7.31. The van der Waals surface area contributed by atoms with Gasteiger partial charge < -0.3 is 9.80 Å². The monoisotopic (exact) mass is 382 g/mol. The number of anilines is 1. The summed E-state index contributed by atoms with van der Waals surface area (Å²) in [6.45, 7) is 5.76. The molecule has 144 valence electrons. The summed E-state index contributed by atoms with van der Waals surface area (Å²) in [5.74, 6) is 0.470. The molecule has 1 aromatic carbocycles. The van der Waals surface area contributed by atoms with Crippen molar-refractivity contribution in [2.75, 3.05) is 51.2 Å². The van der Waals surface area contributed by atoms with Crippen molar-refractivity contribution in [1.82, 2.24) is 9.21 Å². The maximum atomic E-state index is 12.9. The normalized spacial score (nSPS) is 23.2. The summed E-state index contributed by atoms with van der Waals surface area (Å²) in [4.78, 5) is 15.2. The third kappa shape index (κ3) is 3.84. The second-order valence-corrected chi connectivity index (χ2v) is 9.25. The SMILES string of the molecule is C[C@@H]1CCCN(c2ccc(S(=O)(=O)N3CCN(C)CC3)cc2[N+](=O)[O-])C1. The van der Waals surface area contributed by atoms with Gasteiger partial charge in [-0.1, -0.05) is 6.92 Å². The lowest BCUT2D eigenvalue weighted by molar-refractivity contribution is -0.384. The summed E-state index contributed by atoms with van der Waals surface area (Å²) >= 11 is 0. The Morgan fingerprint density at radius 3 is 2.46 bits per heavy atom. The summed E-state index contributed by atoms with van der Waals surface area (Å²) in [6, 6.07) is 4.33. The Bertz CT molecular complexity index is 775. The Balaban J connectivity index is 1.92. The molecule has 0 spiro atoms. The smallest absolute Gasteiger partial charge is 0.293 e. The molecule has 9 heteroatoms. The Kier molecular flexibility index (Phi) is 5.50. The molecule has 2 aliphatic rings. The predicted molar refractivity (Wildman–Crippen MR) is 100.0 cm³/mol. The van der Waals surface area contributed by atoms with E-state index >= 15 is 0 Å². The van der Waals surface area contributed by atoms with Crippen molar-refractivity contribution in [2.24, 2.45) is 5.92 Å². The standard InChI is InChI=1S/C17H26N4O4S/c1-14-4-3-7-19(13-14)16-6-5-15(12-17(16)21(22)23)26(24,25)20-10-8-18(2)9-11-20/h5-6,12,14H,3-4,7-11,13H2,1-2H3/t14-/m1/s1. The highest BCUT2D eigenvalue weighted by atomic mass is 32.2. The van der Waals surface area contributed by atoms with E-state index in [9.17, 15) is 18.5 Å². The van der Waals surface area contributed by atoms with Gasteiger partial charge in [0.2, 0.25) is 10.0 Å². The number of piperazine rings is 1. The zero-order valence-corrected chi connectivity index (χ0v) is 16.1. The minimum Gasteiger partial charge on any atom is -0.366 e. The summed E-state index contributed by atoms with van der Waals surface area (Å²) in [7, 11) is -1.77. The van der Waals surface area contributed by atoms with Crippen LogP contribution >= 0.6 is 0 Å². The molecule has 0 radical (unpaired) electrons. The minimum atomic E-state index is -3.72. The maximum Gasteiger partial charge on any atom is 0.293 e. The van der Waals surface area contributed by atoms with Crippen LogP contribution in [0.1, 0.15) is 19.8 Å². The maximum absolute atomic E-state index is 12.9. The van der Waals surface area contributed by atoms with Crippen molar-refractivity contribution in [2.45, 2.75) is 24.7 Å². The molecule has 3 rings (SSSR count). The fourth-order valence-corrected chi connectivity index (χ4v) is 5.11. The summed E-state index contributed by atoms with van der Waals surface area (Å²) in [5.41, 5.74) is 0.383. The fourth-order valence-electron chi connectivity index (χ4n) is 3.66. The Morgan fingerprint density at radius 2 is 1.85 bits per heavy atom. The first-order valence-corrected chi connectivity index (χ1v) is 10.4. The highest BCUT2D eigenvalue weighted by Gasteiger charge is 2.31. The molecule has 2 heterocycles. The van der Waals surface area contributed by atoms with Gasteiger partial charge in [-0.2, -0.15) is 4.31 Å². The van der Waals surface area contributed by atoms with E-state index in [1.807, 2.05) is 11.9 Å². The van der Waals surface area contributed by atoms with Crippen molar-refractivity contribution >= 4 is 21.4 Å². The molecule has 1 aromatic rings. The number of benzene rings is 1. The van der Waals surface area contributed by atoms with Gasteiger partial charge in [-0.15, -0.1) is 0 Å². The summed E-state index contributed by atoms with van der Waals surface area (Å²) in [6.07, 6.45) is 2.10. The van der Waals surface area contributed by atoms with Gasteiger partial charge in [0.1, 0.15) is 5.69 Å². The zero-order valence-electron chi connectivity index (χ0n) is 15.3. The van der Waals surface area contributed by atoms with Gasteiger partial charge >= 0.3 is 0 Å². The van der Waals surface area contributed by atoms with Crippen molar-refractivity contribution in [1.29, 1.82) is 0 Å². The van der Waals surface area contributed by atoms with Crippen LogP contribution in [0.5, 0.6) is 0 Å². The molecule has 2 saturated heterocycles. The lowest BCUT2D eigenvalue weighted by Gasteiger charge is -2.33. The van der Waals surface area contributed by atoms with Crippen LogP contribution in [0, 0.1) is 16.0 Å². The molecule has 1 atom stereocenters. The van der Waals surface area contributed by atoms with Crippen molar-refractivity contribution in [3.05, 3.63) is 28.3 Å². The third-order valence-corrected chi connectivity index (χ3v) is 7.14. The lowest BCUT2D eigenvalue weighted by atomic mass is 9.99. The van der Waals surface area contributed by atoms with Gasteiger partial charge in [0.15, 0.2) is 0 Å². The van der Waals surface area contributed by atoms with Crippen LogP contribution < -0.4 is 4.90 Å². The van der Waals surface area contributed by atoms with Crippen LogP contribution in [-0.2, 0) is 10.0 Å². The van der Waals surface area contributed by atoms with Crippen LogP contribution in [0.15, 0.2) is 23.1 Å². The number of rotatable bonds is 4. The van der Waals surface area contributed by atoms with Crippen LogP contribution in [0.3, 0.4) is 0 Å². The molecule has 26 heavy (non-hydrogen) atoms. The Labute approximate surface area is 154 Å². The van der Waals surface area contributed by atoms with E-state index in [1.54, 1.807) is 6.07 Å². The summed E-state index contributed by atoms with van der Waals surface area (Å²) < 4.78 is 27.2. The van der Waals surface area contributed by atoms with E-state index in [0.29, 0.717) is 37.8 Å². The molecular weight excluding hydrogens is 356 g/mol. The molecule has 0 aliphatic carbocycles. The molecular formula is C17H26N4O4S. The molecule has 8 nitrogen and oxygen atoms in total. The van der Waals surface area contributed by atoms with Gasteiger partial charge in [-0.3, -0.25) is 10.1 Å².